The van der Waals surface area contributed by atoms with Crippen molar-refractivity contribution in [3.63, 3.8) is 0 Å². The molecule has 0 aliphatic rings. The van der Waals surface area contributed by atoms with Crippen LogP contribution in [0.25, 0.3) is 17.0 Å². The number of rotatable bonds is 6. The zero-order chi connectivity index (χ0) is 21.3. The molecular weight excluding hydrogens is 348 g/mol. The molecule has 0 aliphatic heterocycles. The van der Waals surface area contributed by atoms with Crippen molar-refractivity contribution >= 4 is 23.4 Å². The number of aromatic nitrogens is 1. The summed E-state index contributed by atoms with van der Waals surface area (Å²) in [5.74, 6) is 1.68. The molecule has 2 N–H and O–H groups in total. The Hall–Kier alpha value is -2.75. The quantitative estimate of drug-likeness (QED) is 0.465. The molecule has 0 saturated heterocycles. The van der Waals surface area contributed by atoms with E-state index in [1.54, 1.807) is 7.11 Å². The molecule has 0 atom stereocenters. The number of allylic oxidation sites excluding steroid dienone is 3. The van der Waals surface area contributed by atoms with E-state index in [1.165, 1.54) is 10.9 Å². The monoisotopic (exact) mass is 382 g/mol. The van der Waals surface area contributed by atoms with Crippen molar-refractivity contribution in [3.8, 4) is 5.75 Å². The van der Waals surface area contributed by atoms with Crippen molar-refractivity contribution in [1.82, 2.24) is 10.3 Å². The first kappa shape index (κ1) is 23.3. The van der Waals surface area contributed by atoms with Crippen molar-refractivity contribution in [2.75, 3.05) is 7.11 Å². The lowest BCUT2D eigenvalue weighted by Gasteiger charge is -2.11. The predicted octanol–water partition coefficient (Wildman–Crippen LogP) is 6.15. The number of carbonyl (C=O) groups excluding carboxylic acids is 1. The molecule has 152 valence electrons. The van der Waals surface area contributed by atoms with Gasteiger partial charge >= 0.3 is 0 Å². The van der Waals surface area contributed by atoms with Gasteiger partial charge in [-0.3, -0.25) is 4.79 Å². The summed E-state index contributed by atoms with van der Waals surface area (Å²) >= 11 is 0. The van der Waals surface area contributed by atoms with Crippen LogP contribution < -0.4 is 10.1 Å². The molecule has 1 amide bonds. The lowest BCUT2D eigenvalue weighted by molar-refractivity contribution is -0.108. The van der Waals surface area contributed by atoms with E-state index in [0.29, 0.717) is 6.41 Å². The summed E-state index contributed by atoms with van der Waals surface area (Å²) in [6.45, 7) is 14.5. The molecule has 2 aromatic rings. The number of H-pyrrole nitrogens is 1. The van der Waals surface area contributed by atoms with Crippen LogP contribution in [-0.4, -0.2) is 18.5 Å². The average Bonchev–Trinajstić information content (AvgIpc) is 3.03. The van der Waals surface area contributed by atoms with Crippen molar-refractivity contribution in [1.29, 1.82) is 0 Å². The third-order valence-corrected chi connectivity index (χ3v) is 4.05. The second kappa shape index (κ2) is 11.2. The zero-order valence-electron chi connectivity index (χ0n) is 18.4. The minimum absolute atomic E-state index is 0.699. The molecule has 0 fully saturated rings. The number of fused-ring (bicyclic) bond motifs is 1. The van der Waals surface area contributed by atoms with Gasteiger partial charge in [0.15, 0.2) is 0 Å². The molecule has 28 heavy (non-hydrogen) atoms. The summed E-state index contributed by atoms with van der Waals surface area (Å²) < 4.78 is 5.33. The zero-order valence-corrected chi connectivity index (χ0v) is 18.4. The first-order valence-electron chi connectivity index (χ1n) is 9.66. The smallest absolute Gasteiger partial charge is 0.211 e. The van der Waals surface area contributed by atoms with Gasteiger partial charge in [-0.25, -0.2) is 0 Å². The lowest BCUT2D eigenvalue weighted by atomic mass is 10.0. The second-order valence-electron chi connectivity index (χ2n) is 7.36. The summed E-state index contributed by atoms with van der Waals surface area (Å²) in [4.78, 5) is 14.2. The van der Waals surface area contributed by atoms with Gasteiger partial charge in [0, 0.05) is 28.4 Å². The third-order valence-electron chi connectivity index (χ3n) is 4.05. The Morgan fingerprint density at radius 3 is 2.29 bits per heavy atom. The number of hydrogen-bond donors (Lipinski definition) is 2. The summed E-state index contributed by atoms with van der Waals surface area (Å²) in [7, 11) is 1.67. The third kappa shape index (κ3) is 6.45. The first-order chi connectivity index (χ1) is 13.3. The molecule has 0 aliphatic carbocycles. The molecule has 0 bridgehead atoms. The average molecular weight is 383 g/mol. The van der Waals surface area contributed by atoms with E-state index in [4.69, 9.17) is 4.74 Å². The minimum Gasteiger partial charge on any atom is -0.497 e. The molecule has 0 spiro atoms. The van der Waals surface area contributed by atoms with Gasteiger partial charge in [0.05, 0.1) is 7.11 Å². The van der Waals surface area contributed by atoms with Gasteiger partial charge in [0.2, 0.25) is 6.41 Å². The number of hydrogen-bond acceptors (Lipinski definition) is 2. The largest absolute Gasteiger partial charge is 0.497 e. The molecule has 1 aromatic carbocycles. The van der Waals surface area contributed by atoms with E-state index in [1.807, 2.05) is 45.1 Å². The van der Waals surface area contributed by atoms with Gasteiger partial charge in [-0.1, -0.05) is 32.9 Å². The summed E-state index contributed by atoms with van der Waals surface area (Å²) in [5.41, 5.74) is 6.09. The van der Waals surface area contributed by atoms with Crippen LogP contribution in [0.15, 0.2) is 47.2 Å². The number of methoxy groups -OCH3 is 1. The van der Waals surface area contributed by atoms with Crippen LogP contribution >= 0.6 is 0 Å². The molecule has 1 aromatic heterocycles. The molecule has 0 unspecified atom stereocenters. The summed E-state index contributed by atoms with van der Waals surface area (Å²) in [6, 6.07) is 6.15. The topological polar surface area (TPSA) is 54.1 Å². The number of nitrogens with one attached hydrogen (secondary N) is 2. The van der Waals surface area contributed by atoms with Crippen LogP contribution in [0.3, 0.4) is 0 Å². The van der Waals surface area contributed by atoms with Gasteiger partial charge in [-0.05, 0) is 68.5 Å². The SMILES string of the molecule is C/C=C(C(/C)=C/c1cc2c(C)cc(OC)cc2[nH]1)\C(=C/C)NC=O.CC(C)C. The summed E-state index contributed by atoms with van der Waals surface area (Å²) in [5, 5.41) is 3.92. The molecule has 2 rings (SSSR count). The fraction of sp³-hybridized carbons (Fsp3) is 0.375. The predicted molar refractivity (Wildman–Crippen MR) is 120 cm³/mol. The fourth-order valence-electron chi connectivity index (χ4n) is 2.89. The molecule has 1 heterocycles. The van der Waals surface area contributed by atoms with E-state index in [0.717, 1.165) is 39.7 Å². The number of carbonyl (C=O) groups is 1. The Morgan fingerprint density at radius 1 is 1.14 bits per heavy atom. The number of aromatic amines is 1. The molecule has 4 nitrogen and oxygen atoms in total. The maximum absolute atomic E-state index is 10.8. The first-order valence-corrected chi connectivity index (χ1v) is 9.66. The Kier molecular flexibility index (Phi) is 9.29. The van der Waals surface area contributed by atoms with Crippen molar-refractivity contribution in [3.05, 3.63) is 58.5 Å². The van der Waals surface area contributed by atoms with Crippen LogP contribution in [0, 0.1) is 12.8 Å². The van der Waals surface area contributed by atoms with Crippen LogP contribution in [0.5, 0.6) is 5.75 Å². The van der Waals surface area contributed by atoms with E-state index in [2.05, 4.69) is 50.1 Å². The van der Waals surface area contributed by atoms with Gasteiger partial charge < -0.3 is 15.0 Å². The second-order valence-corrected chi connectivity index (χ2v) is 7.36. The Morgan fingerprint density at radius 2 is 1.79 bits per heavy atom. The van der Waals surface area contributed by atoms with Crippen molar-refractivity contribution in [2.45, 2.75) is 48.5 Å². The van der Waals surface area contributed by atoms with Gasteiger partial charge in [-0.2, -0.15) is 0 Å². The van der Waals surface area contributed by atoms with E-state index in [-0.39, 0.29) is 0 Å². The Bertz CT molecular complexity index is 881. The van der Waals surface area contributed by atoms with Gasteiger partial charge in [-0.15, -0.1) is 0 Å². The normalized spacial score (nSPS) is 12.7. The highest BCUT2D eigenvalue weighted by Crippen LogP contribution is 2.27. The lowest BCUT2D eigenvalue weighted by Crippen LogP contribution is -2.12. The maximum Gasteiger partial charge on any atom is 0.211 e. The van der Waals surface area contributed by atoms with E-state index >= 15 is 0 Å². The molecule has 4 heteroatoms. The van der Waals surface area contributed by atoms with Crippen molar-refractivity contribution < 1.29 is 9.53 Å². The highest BCUT2D eigenvalue weighted by molar-refractivity contribution is 5.87. The van der Waals surface area contributed by atoms with E-state index in [9.17, 15) is 4.79 Å². The minimum atomic E-state index is 0.699. The maximum atomic E-state index is 10.8. The Labute approximate surface area is 169 Å². The molecular formula is C24H34N2O2. The van der Waals surface area contributed by atoms with Crippen LogP contribution in [0.1, 0.15) is 52.8 Å². The fourth-order valence-corrected chi connectivity index (χ4v) is 2.89. The standard InChI is InChI=1S/C20H24N2O2.C4H10/c1-6-17(19(7-2)21-12-23)13(3)8-15-10-18-14(4)9-16(24-5)11-20(18)22-15;1-4(2)3/h6-12,22H,1-5H3,(H,21,23);4H,1-3H3/b13-8+,17-6-,19-7+;. The summed E-state index contributed by atoms with van der Waals surface area (Å²) in [6.07, 6.45) is 6.66. The highest BCUT2D eigenvalue weighted by Gasteiger charge is 2.08. The van der Waals surface area contributed by atoms with Crippen LogP contribution in [0.4, 0.5) is 0 Å². The molecule has 0 saturated carbocycles. The Balaban J connectivity index is 0.000000892. The molecule has 0 radical (unpaired) electrons. The van der Waals surface area contributed by atoms with Crippen LogP contribution in [-0.2, 0) is 4.79 Å². The number of aryl methyl sites for hydroxylation is 1. The van der Waals surface area contributed by atoms with Gasteiger partial charge in [0.25, 0.3) is 0 Å². The van der Waals surface area contributed by atoms with E-state index < -0.39 is 0 Å². The number of amides is 1. The van der Waals surface area contributed by atoms with Crippen molar-refractivity contribution in [2.24, 2.45) is 5.92 Å². The van der Waals surface area contributed by atoms with Crippen LogP contribution in [0.2, 0.25) is 0 Å². The number of benzene rings is 1. The number of ether oxygens (including phenoxy) is 1. The van der Waals surface area contributed by atoms with Gasteiger partial charge in [0.1, 0.15) is 5.75 Å². The highest BCUT2D eigenvalue weighted by atomic mass is 16.5.